The van der Waals surface area contributed by atoms with E-state index in [4.69, 9.17) is 1.37 Å². The van der Waals surface area contributed by atoms with Gasteiger partial charge in [0.25, 0.3) is 6.43 Å². The van der Waals surface area contributed by atoms with Gasteiger partial charge in [-0.1, -0.05) is 0 Å². The third-order valence-electron chi connectivity index (χ3n) is 5.75. The zero-order valence-electron chi connectivity index (χ0n) is 18.6. The lowest BCUT2D eigenvalue weighted by Crippen LogP contribution is -2.42. The van der Waals surface area contributed by atoms with Gasteiger partial charge in [0.05, 0.1) is 31.3 Å². The maximum atomic E-state index is 14.4. The third-order valence-corrected chi connectivity index (χ3v) is 5.75. The van der Waals surface area contributed by atoms with Crippen molar-refractivity contribution in [2.24, 2.45) is 4.99 Å². The summed E-state index contributed by atoms with van der Waals surface area (Å²) < 4.78 is 51.9. The lowest BCUT2D eigenvalue weighted by Gasteiger charge is -2.29. The Kier molecular flexibility index (Phi) is 4.90. The van der Waals surface area contributed by atoms with Crippen LogP contribution in [0.1, 0.15) is 13.6 Å². The van der Waals surface area contributed by atoms with Gasteiger partial charge in [0.2, 0.25) is 5.62 Å². The highest BCUT2D eigenvalue weighted by Crippen LogP contribution is 2.26. The fourth-order valence-corrected chi connectivity index (χ4v) is 4.11. The van der Waals surface area contributed by atoms with Crippen molar-refractivity contribution < 1.29 is 14.5 Å². The van der Waals surface area contributed by atoms with E-state index in [1.807, 2.05) is 11.9 Å². The Balaban J connectivity index is 1.56. The van der Waals surface area contributed by atoms with E-state index in [0.29, 0.717) is 46.7 Å². The van der Waals surface area contributed by atoms with E-state index in [1.165, 1.54) is 4.57 Å². The number of H-pyrrole nitrogens is 1. The third kappa shape index (κ3) is 3.77. The van der Waals surface area contributed by atoms with Crippen LogP contribution in [-0.4, -0.2) is 72.8 Å². The summed E-state index contributed by atoms with van der Waals surface area (Å²) in [6.07, 6.45) is -1.39. The molecule has 32 heavy (non-hydrogen) atoms. The molecule has 0 aliphatic carbocycles. The zero-order valence-corrected chi connectivity index (χ0v) is 17.6. The van der Waals surface area contributed by atoms with Crippen molar-refractivity contribution >= 4 is 16.7 Å². The number of nitrogens with zero attached hydrogens (tertiary/aromatic N) is 7. The number of nitrogens with one attached hydrogen (secondary N) is 1. The molecule has 1 saturated heterocycles. The Hall–Kier alpha value is -3.21. The summed E-state index contributed by atoms with van der Waals surface area (Å²) in [4.78, 5) is 19.4. The van der Waals surface area contributed by atoms with Crippen molar-refractivity contribution in [2.75, 3.05) is 20.1 Å². The molecule has 0 saturated carbocycles. The molecule has 1 N–H and O–H groups in total. The fraction of sp³-hybridized carbons (Fsp3) is 0.429. The van der Waals surface area contributed by atoms with Gasteiger partial charge >= 0.3 is 0 Å². The second kappa shape index (κ2) is 8.05. The van der Waals surface area contributed by atoms with E-state index in [1.54, 1.807) is 35.8 Å². The van der Waals surface area contributed by atoms with E-state index in [0.717, 1.165) is 6.54 Å². The van der Waals surface area contributed by atoms with Crippen LogP contribution in [0.15, 0.2) is 35.6 Å². The van der Waals surface area contributed by atoms with Gasteiger partial charge in [0.15, 0.2) is 5.65 Å². The second-order valence-electron chi connectivity index (χ2n) is 8.07. The molecule has 0 amide bonds. The highest BCUT2D eigenvalue weighted by atomic mass is 19.3. The molecule has 0 aromatic carbocycles. The van der Waals surface area contributed by atoms with Gasteiger partial charge in [0.1, 0.15) is 17.5 Å². The molecule has 4 aromatic heterocycles. The molecule has 8 nitrogen and oxygen atoms in total. The molecule has 1 fully saturated rings. The first-order chi connectivity index (χ1) is 15.8. The minimum atomic E-state index is -2.53. The number of likely N-dealkylation sites (tertiary alicyclic amines) is 1. The first kappa shape index (κ1) is 19.5. The van der Waals surface area contributed by atoms with Crippen molar-refractivity contribution in [3.63, 3.8) is 0 Å². The Morgan fingerprint density at radius 1 is 1.31 bits per heavy atom. The van der Waals surface area contributed by atoms with Crippen molar-refractivity contribution in [2.45, 2.75) is 38.5 Å². The second-order valence-corrected chi connectivity index (χ2v) is 8.07. The summed E-state index contributed by atoms with van der Waals surface area (Å²) in [5.74, 6) is 0.458. The van der Waals surface area contributed by atoms with Gasteiger partial charge in [-0.15, -0.1) is 0 Å². The number of aryl methyl sites for hydroxylation is 1. The molecule has 1 aliphatic rings. The van der Waals surface area contributed by atoms with Gasteiger partial charge in [-0.25, -0.2) is 33.1 Å². The molecular formula is C21H23F3N8. The number of fused-ring (bicyclic) bond motifs is 2. The first-order valence-electron chi connectivity index (χ1n) is 10.9. The summed E-state index contributed by atoms with van der Waals surface area (Å²) in [6, 6.07) is 4.71. The summed E-state index contributed by atoms with van der Waals surface area (Å²) in [7, 11) is 1.87. The number of hydrogen-bond donors (Lipinski definition) is 1. The number of pyridine rings is 1. The average molecular weight is 445 g/mol. The van der Waals surface area contributed by atoms with Gasteiger partial charge < -0.3 is 9.47 Å². The number of piperidine rings is 1. The monoisotopic (exact) mass is 445 g/mol. The Labute approximate surface area is 182 Å². The van der Waals surface area contributed by atoms with Gasteiger partial charge in [-0.2, -0.15) is 0 Å². The van der Waals surface area contributed by atoms with E-state index in [-0.39, 0.29) is 11.8 Å². The molecule has 5 rings (SSSR count). The largest absolute Gasteiger partial charge is 0.307 e. The molecule has 11 heteroatoms. The predicted molar refractivity (Wildman–Crippen MR) is 113 cm³/mol. The van der Waals surface area contributed by atoms with Crippen LogP contribution in [0.5, 0.6) is 0 Å². The lowest BCUT2D eigenvalue weighted by molar-refractivity contribution is 0.127. The van der Waals surface area contributed by atoms with Crippen LogP contribution in [0.25, 0.3) is 27.9 Å². The van der Waals surface area contributed by atoms with E-state index >= 15 is 0 Å². The minimum Gasteiger partial charge on any atom is -0.307 e. The maximum absolute atomic E-state index is 14.4. The molecule has 0 bridgehead atoms. The van der Waals surface area contributed by atoms with Crippen molar-refractivity contribution in [1.29, 1.82) is 0 Å². The number of aromatic amines is 1. The number of halogens is 3. The van der Waals surface area contributed by atoms with E-state index < -0.39 is 25.2 Å². The normalized spacial score (nSPS) is 21.2. The Morgan fingerprint density at radius 2 is 2.16 bits per heavy atom. The molecular weight excluding hydrogens is 421 g/mol. The molecule has 0 unspecified atom stereocenters. The summed E-state index contributed by atoms with van der Waals surface area (Å²) in [6.45, 7) is 2.23. The number of hydrogen-bond acceptors (Lipinski definition) is 5. The van der Waals surface area contributed by atoms with Crippen molar-refractivity contribution in [3.8, 4) is 11.3 Å². The standard InChI is InChI=1S/C21H23F3N8/c1-12-26-17-4-3-15(27-20(17)31(12)11-19(23)24)13-5-8-32-18(13)9-25-21(29-32)28-16-6-7-30(2)10-14(16)22/h3-5,8-9,14,16,19H,6-7,10-11H2,1-2H3,(H,28,29)/t14-,16+/m1/s1/i9D. The predicted octanol–water partition coefficient (Wildman–Crippen LogP) is 2.59. The fourth-order valence-electron chi connectivity index (χ4n) is 4.11. The Morgan fingerprint density at radius 3 is 2.94 bits per heavy atom. The average Bonchev–Trinajstić information content (AvgIpc) is 3.31. The molecule has 168 valence electrons. The quantitative estimate of drug-likeness (QED) is 0.524. The topological polar surface area (TPSA) is 79.4 Å². The van der Waals surface area contributed by atoms with E-state index in [9.17, 15) is 13.2 Å². The van der Waals surface area contributed by atoms with Crippen LogP contribution < -0.4 is 5.62 Å². The van der Waals surface area contributed by atoms with Crippen LogP contribution in [0.4, 0.5) is 13.2 Å². The number of aromatic nitrogens is 6. The van der Waals surface area contributed by atoms with Gasteiger partial charge in [-0.05, 0) is 38.6 Å². The highest BCUT2D eigenvalue weighted by Gasteiger charge is 2.27. The van der Waals surface area contributed by atoms with Crippen LogP contribution >= 0.6 is 0 Å². The molecule has 4 aromatic rings. The number of rotatable bonds is 4. The molecule has 0 spiro atoms. The summed E-state index contributed by atoms with van der Waals surface area (Å²) >= 11 is 0. The molecule has 0 radical (unpaired) electrons. The van der Waals surface area contributed by atoms with Gasteiger partial charge in [-0.3, -0.25) is 9.61 Å². The molecule has 5 heterocycles. The Bertz CT molecular complexity index is 1390. The number of imidazole rings is 1. The van der Waals surface area contributed by atoms with E-state index in [2.05, 4.69) is 25.0 Å². The molecule has 2 atom stereocenters. The summed E-state index contributed by atoms with van der Waals surface area (Å²) in [5, 5.41) is 3.01. The summed E-state index contributed by atoms with van der Waals surface area (Å²) in [5.41, 5.74) is 2.64. The van der Waals surface area contributed by atoms with Crippen LogP contribution in [0, 0.1) is 6.92 Å². The smallest absolute Gasteiger partial charge is 0.256 e. The lowest BCUT2D eigenvalue weighted by atomic mass is 10.0. The molecule has 1 aliphatic heterocycles. The first-order valence-corrected chi connectivity index (χ1v) is 10.4. The van der Waals surface area contributed by atoms with Crippen molar-refractivity contribution in [1.82, 2.24) is 34.0 Å². The maximum Gasteiger partial charge on any atom is 0.256 e. The van der Waals surface area contributed by atoms with Crippen LogP contribution in [-0.2, 0) is 6.54 Å². The minimum absolute atomic E-state index is 0.0463. The zero-order chi connectivity index (χ0) is 23.3. The highest BCUT2D eigenvalue weighted by molar-refractivity contribution is 5.82. The van der Waals surface area contributed by atoms with Crippen LogP contribution in [0.3, 0.4) is 0 Å². The number of alkyl halides is 3. The SMILES string of the molecule is [2H]c1nc(=N[C@H]2CCN(C)C[C@H]2F)[nH]n2ccc(-c3ccc4nc(C)n(CC(F)F)c4n3)c12. The van der Waals surface area contributed by atoms with Crippen molar-refractivity contribution in [3.05, 3.63) is 42.0 Å². The van der Waals surface area contributed by atoms with Crippen LogP contribution in [0.2, 0.25) is 0 Å². The van der Waals surface area contributed by atoms with Gasteiger partial charge in [0, 0.05) is 24.8 Å².